The van der Waals surface area contributed by atoms with E-state index >= 15 is 0 Å². The molecule has 1 aromatic heterocycles. The van der Waals surface area contributed by atoms with Crippen molar-refractivity contribution in [3.63, 3.8) is 0 Å². The zero-order valence-electron chi connectivity index (χ0n) is 11.8. The molecule has 7 heteroatoms. The average Bonchev–Trinajstić information content (AvgIpc) is 3.06. The van der Waals surface area contributed by atoms with Crippen LogP contribution in [0.1, 0.15) is 48.1 Å². The predicted octanol–water partition coefficient (Wildman–Crippen LogP) is 2.06. The number of carbonyl (C=O) groups is 1. The van der Waals surface area contributed by atoms with E-state index in [4.69, 9.17) is 9.52 Å². The molecule has 0 saturated heterocycles. The smallest absolute Gasteiger partial charge is 0.340 e. The Morgan fingerprint density at radius 2 is 1.95 bits per heavy atom. The van der Waals surface area contributed by atoms with Crippen molar-refractivity contribution in [2.24, 2.45) is 5.41 Å². The third kappa shape index (κ3) is 2.60. The Hall–Kier alpha value is -1.34. The molecular weight excluding hydrogens is 282 g/mol. The second-order valence-corrected chi connectivity index (χ2v) is 7.11. The predicted molar refractivity (Wildman–Crippen MR) is 72.3 cm³/mol. The molecule has 0 aromatic carbocycles. The molecule has 2 N–H and O–H groups in total. The largest absolute Gasteiger partial charge is 0.478 e. The third-order valence-electron chi connectivity index (χ3n) is 4.03. The molecule has 1 fully saturated rings. The number of sulfonamides is 1. The topological polar surface area (TPSA) is 96.6 Å². The quantitative estimate of drug-likeness (QED) is 0.838. The van der Waals surface area contributed by atoms with Crippen molar-refractivity contribution >= 4 is 16.0 Å². The summed E-state index contributed by atoms with van der Waals surface area (Å²) in [5.74, 6) is -1.09. The van der Waals surface area contributed by atoms with Crippen LogP contribution < -0.4 is 4.72 Å². The average molecular weight is 301 g/mol. The number of rotatable bonds is 6. The monoisotopic (exact) mass is 301 g/mol. The summed E-state index contributed by atoms with van der Waals surface area (Å²) in [6.45, 7) is 5.27. The van der Waals surface area contributed by atoms with Crippen molar-refractivity contribution in [2.75, 3.05) is 6.54 Å². The van der Waals surface area contributed by atoms with Crippen molar-refractivity contribution in [2.45, 2.75) is 44.9 Å². The van der Waals surface area contributed by atoms with Crippen LogP contribution in [0.15, 0.2) is 9.31 Å². The van der Waals surface area contributed by atoms with E-state index in [1.165, 1.54) is 13.8 Å². The summed E-state index contributed by atoms with van der Waals surface area (Å²) in [5.41, 5.74) is -0.236. The maximum Gasteiger partial charge on any atom is 0.340 e. The number of furan rings is 1. The Labute approximate surface area is 118 Å². The molecule has 6 nitrogen and oxygen atoms in total. The minimum atomic E-state index is -3.87. The number of hydrogen-bond acceptors (Lipinski definition) is 4. The molecule has 0 amide bonds. The van der Waals surface area contributed by atoms with Crippen LogP contribution in [0.2, 0.25) is 0 Å². The molecule has 112 valence electrons. The van der Waals surface area contributed by atoms with E-state index in [-0.39, 0.29) is 27.4 Å². The Kier molecular flexibility index (Phi) is 3.68. The number of nitrogens with one attached hydrogen (secondary N) is 1. The normalized spacial score (nSPS) is 17.1. The van der Waals surface area contributed by atoms with E-state index in [0.717, 1.165) is 19.3 Å². The molecular formula is C13H19NO5S. The molecule has 0 spiro atoms. The lowest BCUT2D eigenvalue weighted by molar-refractivity contribution is 0.0691. The van der Waals surface area contributed by atoms with Crippen LogP contribution >= 0.6 is 0 Å². The van der Waals surface area contributed by atoms with Crippen molar-refractivity contribution in [1.82, 2.24) is 4.72 Å². The lowest BCUT2D eigenvalue weighted by Gasteiger charge is -2.13. The lowest BCUT2D eigenvalue weighted by Crippen LogP contribution is -2.31. The SMILES string of the molecule is CCC1(CNS(=O)(=O)c2c(C)oc(C)c2C(=O)O)CC1. The fourth-order valence-electron chi connectivity index (χ4n) is 2.39. The molecule has 0 aliphatic heterocycles. The van der Waals surface area contributed by atoms with Gasteiger partial charge in [0.2, 0.25) is 10.0 Å². The molecule has 1 aliphatic rings. The van der Waals surface area contributed by atoms with E-state index in [2.05, 4.69) is 4.72 Å². The summed E-state index contributed by atoms with van der Waals surface area (Å²) < 4.78 is 32.4. The van der Waals surface area contributed by atoms with Crippen molar-refractivity contribution in [1.29, 1.82) is 0 Å². The second-order valence-electron chi connectivity index (χ2n) is 5.40. The fraction of sp³-hybridized carbons (Fsp3) is 0.615. The molecule has 20 heavy (non-hydrogen) atoms. The highest BCUT2D eigenvalue weighted by Gasteiger charge is 2.42. The first kappa shape index (κ1) is 15.1. The molecule has 1 heterocycles. The van der Waals surface area contributed by atoms with Crippen LogP contribution in [-0.2, 0) is 10.0 Å². The molecule has 0 bridgehead atoms. The molecule has 2 rings (SSSR count). The van der Waals surface area contributed by atoms with Gasteiger partial charge in [0.1, 0.15) is 22.0 Å². The van der Waals surface area contributed by atoms with Gasteiger partial charge in [-0.2, -0.15) is 0 Å². The van der Waals surface area contributed by atoms with Gasteiger partial charge in [0.25, 0.3) is 0 Å². The van der Waals surface area contributed by atoms with Crippen molar-refractivity contribution < 1.29 is 22.7 Å². The zero-order chi connectivity index (χ0) is 15.1. The number of aryl methyl sites for hydroxylation is 2. The van der Waals surface area contributed by atoms with Crippen LogP contribution in [0, 0.1) is 19.3 Å². The molecule has 0 radical (unpaired) electrons. The van der Waals surface area contributed by atoms with Gasteiger partial charge in [-0.15, -0.1) is 0 Å². The highest BCUT2D eigenvalue weighted by Crippen LogP contribution is 2.48. The van der Waals surface area contributed by atoms with Gasteiger partial charge >= 0.3 is 5.97 Å². The highest BCUT2D eigenvalue weighted by atomic mass is 32.2. The van der Waals surface area contributed by atoms with Gasteiger partial charge in [0.05, 0.1) is 0 Å². The first-order valence-corrected chi connectivity index (χ1v) is 8.04. The van der Waals surface area contributed by atoms with Crippen LogP contribution in [-0.4, -0.2) is 26.0 Å². The standard InChI is InChI=1S/C13H19NO5S/c1-4-13(5-6-13)7-14-20(17,18)11-9(3)19-8(2)10(11)12(15)16/h14H,4-7H2,1-3H3,(H,15,16). The first-order valence-electron chi connectivity index (χ1n) is 6.55. The van der Waals surface area contributed by atoms with Gasteiger partial charge in [-0.05, 0) is 38.5 Å². The lowest BCUT2D eigenvalue weighted by atomic mass is 10.1. The minimum absolute atomic E-state index is 0.0448. The van der Waals surface area contributed by atoms with Gasteiger partial charge in [-0.25, -0.2) is 17.9 Å². The molecule has 1 aromatic rings. The molecule has 0 unspecified atom stereocenters. The van der Waals surface area contributed by atoms with Gasteiger partial charge in [0.15, 0.2) is 0 Å². The van der Waals surface area contributed by atoms with Crippen molar-refractivity contribution in [3.05, 3.63) is 17.1 Å². The third-order valence-corrected chi connectivity index (χ3v) is 5.59. The minimum Gasteiger partial charge on any atom is -0.478 e. The van der Waals surface area contributed by atoms with E-state index in [1.54, 1.807) is 0 Å². The number of aromatic carboxylic acids is 1. The van der Waals surface area contributed by atoms with Gasteiger partial charge < -0.3 is 9.52 Å². The Bertz CT molecular complexity index is 640. The Morgan fingerprint density at radius 3 is 2.40 bits per heavy atom. The fourth-order valence-corrected chi connectivity index (χ4v) is 3.95. The van der Waals surface area contributed by atoms with Crippen molar-refractivity contribution in [3.8, 4) is 0 Å². The molecule has 1 aliphatic carbocycles. The maximum absolute atomic E-state index is 12.3. The maximum atomic E-state index is 12.3. The van der Waals surface area contributed by atoms with Crippen LogP contribution in [0.4, 0.5) is 0 Å². The van der Waals surface area contributed by atoms with E-state index in [9.17, 15) is 13.2 Å². The summed E-state index contributed by atoms with van der Waals surface area (Å²) >= 11 is 0. The summed E-state index contributed by atoms with van der Waals surface area (Å²) in [6, 6.07) is 0. The zero-order valence-corrected chi connectivity index (χ0v) is 12.6. The van der Waals surface area contributed by atoms with E-state index in [1.807, 2.05) is 6.92 Å². The van der Waals surface area contributed by atoms with Crippen LogP contribution in [0.25, 0.3) is 0 Å². The van der Waals surface area contributed by atoms with Gasteiger partial charge in [0, 0.05) is 6.54 Å². The summed E-state index contributed by atoms with van der Waals surface area (Å²) in [5, 5.41) is 9.16. The summed E-state index contributed by atoms with van der Waals surface area (Å²) in [7, 11) is -3.87. The molecule has 0 atom stereocenters. The van der Waals surface area contributed by atoms with E-state index < -0.39 is 16.0 Å². The first-order chi connectivity index (χ1) is 9.22. The highest BCUT2D eigenvalue weighted by molar-refractivity contribution is 7.89. The molecule has 1 saturated carbocycles. The van der Waals surface area contributed by atoms with E-state index in [0.29, 0.717) is 6.54 Å². The van der Waals surface area contributed by atoms with Crippen LogP contribution in [0.3, 0.4) is 0 Å². The second kappa shape index (κ2) is 4.89. The summed E-state index contributed by atoms with van der Waals surface area (Å²) in [6.07, 6.45) is 2.91. The Morgan fingerprint density at radius 1 is 1.35 bits per heavy atom. The summed E-state index contributed by atoms with van der Waals surface area (Å²) in [4.78, 5) is 11.0. The van der Waals surface area contributed by atoms with Gasteiger partial charge in [-0.3, -0.25) is 0 Å². The van der Waals surface area contributed by atoms with Gasteiger partial charge in [-0.1, -0.05) is 6.92 Å². The van der Waals surface area contributed by atoms with Crippen LogP contribution in [0.5, 0.6) is 0 Å². The number of hydrogen-bond donors (Lipinski definition) is 2. The number of carboxylic acids is 1. The number of carboxylic acid groups (broad SMARTS) is 1. The Balaban J connectivity index is 2.32.